The zero-order chi connectivity index (χ0) is 21.6. The molecule has 0 radical (unpaired) electrons. The molecule has 1 atom stereocenters. The van der Waals surface area contributed by atoms with E-state index in [9.17, 15) is 9.90 Å². The zero-order valence-electron chi connectivity index (χ0n) is 18.2. The lowest BCUT2D eigenvalue weighted by Gasteiger charge is -2.29. The Hall–Kier alpha value is -1.67. The van der Waals surface area contributed by atoms with E-state index in [2.05, 4.69) is 10.2 Å². The molecule has 0 unspecified atom stereocenters. The van der Waals surface area contributed by atoms with E-state index in [0.717, 1.165) is 76.3 Å². The number of rotatable bonds is 6. The van der Waals surface area contributed by atoms with Crippen molar-refractivity contribution in [2.75, 3.05) is 39.3 Å². The molecule has 2 N–H and O–H groups in total. The number of β-amino-alcohol motifs (C(OH)–C–C–N with tert-alkyl or cyclic N) is 1. The van der Waals surface area contributed by atoms with Gasteiger partial charge in [0.25, 0.3) is 5.91 Å². The third-order valence-corrected chi connectivity index (χ3v) is 6.63. The van der Waals surface area contributed by atoms with Crippen LogP contribution in [0.15, 0.2) is 18.3 Å². The Kier molecular flexibility index (Phi) is 7.82. The number of carbonyl (C=O) groups excluding carboxylic acids is 1. The van der Waals surface area contributed by atoms with Gasteiger partial charge in [-0.15, -0.1) is 0 Å². The summed E-state index contributed by atoms with van der Waals surface area (Å²) >= 11 is 6.25. The molecule has 31 heavy (non-hydrogen) atoms. The van der Waals surface area contributed by atoms with E-state index < -0.39 is 0 Å². The van der Waals surface area contributed by atoms with Gasteiger partial charge in [-0.25, -0.2) is 4.98 Å². The summed E-state index contributed by atoms with van der Waals surface area (Å²) < 4.78 is 1.94. The summed E-state index contributed by atoms with van der Waals surface area (Å²) in [6.45, 7) is 5.60. The molecular weight excluding hydrogens is 414 g/mol. The Bertz CT molecular complexity index is 878. The van der Waals surface area contributed by atoms with Crippen LogP contribution in [0.4, 0.5) is 0 Å². The fraction of sp³-hybridized carbons (Fsp3) is 0.652. The first-order valence-electron chi connectivity index (χ1n) is 11.7. The second-order valence-electron chi connectivity index (χ2n) is 8.82. The first kappa shape index (κ1) is 22.5. The van der Waals surface area contributed by atoms with Crippen LogP contribution in [-0.4, -0.2) is 75.6 Å². The van der Waals surface area contributed by atoms with Gasteiger partial charge in [-0.2, -0.15) is 0 Å². The number of pyridine rings is 1. The molecule has 0 bridgehead atoms. The number of carbonyl (C=O) groups is 1. The number of fused-ring (bicyclic) bond motifs is 1. The number of aliphatic hydroxyl groups excluding tert-OH is 1. The molecule has 0 aliphatic carbocycles. The molecule has 2 aromatic heterocycles. The molecule has 1 amide bonds. The number of amides is 1. The van der Waals surface area contributed by atoms with Gasteiger partial charge in [0, 0.05) is 45.5 Å². The smallest absolute Gasteiger partial charge is 0.274 e. The lowest BCUT2D eigenvalue weighted by atomic mass is 10.1. The molecule has 2 aliphatic rings. The van der Waals surface area contributed by atoms with Gasteiger partial charge in [-0.05, 0) is 44.4 Å². The molecule has 2 aliphatic heterocycles. The van der Waals surface area contributed by atoms with E-state index in [1.54, 1.807) is 0 Å². The Labute approximate surface area is 189 Å². The Balaban J connectivity index is 1.47. The predicted octanol–water partition coefficient (Wildman–Crippen LogP) is 2.94. The molecule has 2 saturated heterocycles. The van der Waals surface area contributed by atoms with Crippen LogP contribution in [0, 0.1) is 0 Å². The van der Waals surface area contributed by atoms with Gasteiger partial charge in [0.2, 0.25) is 0 Å². The Morgan fingerprint density at radius 2 is 1.90 bits per heavy atom. The Morgan fingerprint density at radius 1 is 1.13 bits per heavy atom. The van der Waals surface area contributed by atoms with E-state index in [1.807, 2.05) is 27.6 Å². The summed E-state index contributed by atoms with van der Waals surface area (Å²) in [4.78, 5) is 22.4. The minimum atomic E-state index is -0.211. The first-order valence-corrected chi connectivity index (χ1v) is 12.1. The second kappa shape index (κ2) is 10.8. The number of hydrogen-bond donors (Lipinski definition) is 2. The van der Waals surface area contributed by atoms with Crippen LogP contribution in [0.1, 0.15) is 61.1 Å². The van der Waals surface area contributed by atoms with Crippen LogP contribution < -0.4 is 5.32 Å². The highest BCUT2D eigenvalue weighted by Gasteiger charge is 2.24. The molecule has 4 heterocycles. The van der Waals surface area contributed by atoms with E-state index in [1.165, 1.54) is 19.3 Å². The third kappa shape index (κ3) is 5.77. The minimum Gasteiger partial charge on any atom is -0.392 e. The van der Waals surface area contributed by atoms with Crippen molar-refractivity contribution in [1.82, 2.24) is 24.5 Å². The SMILES string of the molecule is O=C(c1nc2ccc(Cl)cn2c1CNCCN1CCC[C@@H](O)C1)N1CCCCCCC1. The van der Waals surface area contributed by atoms with Gasteiger partial charge in [0.1, 0.15) is 5.65 Å². The number of piperidine rings is 1. The van der Waals surface area contributed by atoms with Crippen LogP contribution in [0.5, 0.6) is 0 Å². The highest BCUT2D eigenvalue weighted by Crippen LogP contribution is 2.20. The Morgan fingerprint density at radius 3 is 2.68 bits per heavy atom. The first-order chi connectivity index (χ1) is 15.1. The number of nitrogens with zero attached hydrogens (tertiary/aromatic N) is 4. The van der Waals surface area contributed by atoms with Gasteiger partial charge < -0.3 is 19.7 Å². The maximum Gasteiger partial charge on any atom is 0.274 e. The maximum atomic E-state index is 13.4. The van der Waals surface area contributed by atoms with Gasteiger partial charge >= 0.3 is 0 Å². The fourth-order valence-electron chi connectivity index (χ4n) is 4.69. The summed E-state index contributed by atoms with van der Waals surface area (Å²) in [5.41, 5.74) is 2.14. The van der Waals surface area contributed by atoms with Crippen molar-refractivity contribution in [1.29, 1.82) is 0 Å². The van der Waals surface area contributed by atoms with E-state index >= 15 is 0 Å². The topological polar surface area (TPSA) is 73.1 Å². The average Bonchev–Trinajstić information content (AvgIpc) is 3.08. The summed E-state index contributed by atoms with van der Waals surface area (Å²) in [6, 6.07) is 3.68. The minimum absolute atomic E-state index is 0.0256. The van der Waals surface area contributed by atoms with Gasteiger partial charge in [0.05, 0.1) is 16.8 Å². The van der Waals surface area contributed by atoms with Crippen LogP contribution >= 0.6 is 11.6 Å². The normalized spacial score (nSPS) is 21.2. The molecule has 2 fully saturated rings. The summed E-state index contributed by atoms with van der Waals surface area (Å²) in [7, 11) is 0. The summed E-state index contributed by atoms with van der Waals surface area (Å²) in [5, 5.41) is 14.0. The highest BCUT2D eigenvalue weighted by molar-refractivity contribution is 6.30. The molecule has 8 heteroatoms. The van der Waals surface area contributed by atoms with Crippen LogP contribution in [0.2, 0.25) is 5.02 Å². The fourth-order valence-corrected chi connectivity index (χ4v) is 4.85. The number of aromatic nitrogens is 2. The zero-order valence-corrected chi connectivity index (χ0v) is 19.0. The van der Waals surface area contributed by atoms with Crippen LogP contribution in [0.3, 0.4) is 0 Å². The average molecular weight is 448 g/mol. The number of imidazole rings is 1. The number of halogens is 1. The van der Waals surface area contributed by atoms with Gasteiger partial charge in [-0.1, -0.05) is 30.9 Å². The van der Waals surface area contributed by atoms with Crippen molar-refractivity contribution in [3.8, 4) is 0 Å². The van der Waals surface area contributed by atoms with E-state index in [0.29, 0.717) is 17.3 Å². The quantitative estimate of drug-likeness (QED) is 0.666. The molecule has 7 nitrogen and oxygen atoms in total. The molecule has 0 aromatic carbocycles. The molecule has 2 aromatic rings. The molecule has 170 valence electrons. The van der Waals surface area contributed by atoms with Gasteiger partial charge in [0.15, 0.2) is 5.69 Å². The van der Waals surface area contributed by atoms with Crippen molar-refractivity contribution in [3.63, 3.8) is 0 Å². The molecule has 0 saturated carbocycles. The van der Waals surface area contributed by atoms with Crippen molar-refractivity contribution in [3.05, 3.63) is 34.7 Å². The predicted molar refractivity (Wildman–Crippen MR) is 123 cm³/mol. The highest BCUT2D eigenvalue weighted by atomic mass is 35.5. The van der Waals surface area contributed by atoms with E-state index in [-0.39, 0.29) is 12.0 Å². The number of hydrogen-bond acceptors (Lipinski definition) is 5. The molecule has 0 spiro atoms. The number of aliphatic hydroxyl groups is 1. The standard InChI is InChI=1S/C23H34ClN5O2/c24-18-8-9-21-26-22(23(31)28-12-4-2-1-3-5-13-28)20(29(21)16-18)15-25-10-14-27-11-6-7-19(30)17-27/h8-9,16,19,25,30H,1-7,10-15,17H2/t19-/m1/s1. The van der Waals surface area contributed by atoms with Crippen LogP contribution in [0.25, 0.3) is 5.65 Å². The van der Waals surface area contributed by atoms with E-state index in [4.69, 9.17) is 16.6 Å². The lowest BCUT2D eigenvalue weighted by molar-refractivity contribution is 0.0709. The lowest BCUT2D eigenvalue weighted by Crippen LogP contribution is -2.41. The van der Waals surface area contributed by atoms with Gasteiger partial charge in [-0.3, -0.25) is 9.69 Å². The number of nitrogens with one attached hydrogen (secondary N) is 1. The number of likely N-dealkylation sites (tertiary alicyclic amines) is 2. The molecule has 4 rings (SSSR count). The molecular formula is C23H34ClN5O2. The summed E-state index contributed by atoms with van der Waals surface area (Å²) in [6.07, 6.45) is 9.31. The maximum absolute atomic E-state index is 13.4. The second-order valence-corrected chi connectivity index (χ2v) is 9.25. The largest absolute Gasteiger partial charge is 0.392 e. The van der Waals surface area contributed by atoms with Crippen LogP contribution in [-0.2, 0) is 6.54 Å². The van der Waals surface area contributed by atoms with Crippen molar-refractivity contribution in [2.45, 2.75) is 57.6 Å². The third-order valence-electron chi connectivity index (χ3n) is 6.41. The van der Waals surface area contributed by atoms with Crippen molar-refractivity contribution >= 4 is 23.2 Å². The van der Waals surface area contributed by atoms with Crippen molar-refractivity contribution in [2.24, 2.45) is 0 Å². The summed E-state index contributed by atoms with van der Waals surface area (Å²) in [5.74, 6) is 0.0256. The van der Waals surface area contributed by atoms with Crippen molar-refractivity contribution < 1.29 is 9.90 Å². The monoisotopic (exact) mass is 447 g/mol.